The maximum absolute atomic E-state index is 13.0. The number of aromatic nitrogens is 2. The van der Waals surface area contributed by atoms with Gasteiger partial charge >= 0.3 is 6.03 Å². The zero-order valence-electron chi connectivity index (χ0n) is 18.2. The van der Waals surface area contributed by atoms with E-state index in [1.807, 2.05) is 13.0 Å². The predicted octanol–water partition coefficient (Wildman–Crippen LogP) is 3.10. The highest BCUT2D eigenvalue weighted by atomic mass is 32.2. The van der Waals surface area contributed by atoms with Crippen molar-refractivity contribution in [1.29, 1.82) is 0 Å². The van der Waals surface area contributed by atoms with Crippen LogP contribution in [0.15, 0.2) is 34.2 Å². The number of fused-ring (bicyclic) bond motifs is 1. The van der Waals surface area contributed by atoms with Crippen LogP contribution in [0.5, 0.6) is 0 Å². The van der Waals surface area contributed by atoms with Crippen LogP contribution in [0.2, 0.25) is 0 Å². The molecule has 3 amide bonds. The van der Waals surface area contributed by atoms with Crippen LogP contribution in [-0.2, 0) is 9.53 Å². The lowest BCUT2D eigenvalue weighted by molar-refractivity contribution is -0.117. The quantitative estimate of drug-likeness (QED) is 0.501. The first-order valence-corrected chi connectivity index (χ1v) is 11.6. The van der Waals surface area contributed by atoms with Gasteiger partial charge in [0, 0.05) is 13.2 Å². The second-order valence-electron chi connectivity index (χ2n) is 8.07. The average Bonchev–Trinajstić information content (AvgIpc) is 2.74. The van der Waals surface area contributed by atoms with Gasteiger partial charge in [0.2, 0.25) is 5.91 Å². The molecule has 0 bridgehead atoms. The van der Waals surface area contributed by atoms with Gasteiger partial charge in [-0.05, 0) is 37.8 Å². The van der Waals surface area contributed by atoms with Crippen molar-refractivity contribution in [1.82, 2.24) is 20.2 Å². The van der Waals surface area contributed by atoms with Crippen molar-refractivity contribution in [2.75, 3.05) is 19.5 Å². The maximum atomic E-state index is 13.0. The van der Waals surface area contributed by atoms with Crippen LogP contribution in [0, 0.1) is 5.92 Å². The summed E-state index contributed by atoms with van der Waals surface area (Å²) in [6.07, 6.45) is 4.28. The summed E-state index contributed by atoms with van der Waals surface area (Å²) in [5.41, 5.74) is 0.391. The van der Waals surface area contributed by atoms with E-state index in [-0.39, 0.29) is 23.4 Å². The fourth-order valence-corrected chi connectivity index (χ4v) is 4.86. The molecule has 168 valence electrons. The Morgan fingerprint density at radius 1 is 1.29 bits per heavy atom. The molecule has 1 heterocycles. The number of nitrogens with zero attached hydrogens (tertiary/aromatic N) is 2. The zero-order chi connectivity index (χ0) is 22.4. The molecule has 3 rings (SSSR count). The summed E-state index contributed by atoms with van der Waals surface area (Å²) in [4.78, 5) is 42.2. The molecule has 9 heteroatoms. The third-order valence-corrected chi connectivity index (χ3v) is 6.59. The van der Waals surface area contributed by atoms with Gasteiger partial charge in [-0.15, -0.1) is 0 Å². The van der Waals surface area contributed by atoms with Crippen LogP contribution in [0.1, 0.15) is 45.6 Å². The lowest BCUT2D eigenvalue weighted by Gasteiger charge is -2.29. The minimum Gasteiger partial charge on any atom is -0.383 e. The molecule has 2 aromatic rings. The summed E-state index contributed by atoms with van der Waals surface area (Å²) in [7, 11) is 1.57. The molecule has 1 aliphatic rings. The first kappa shape index (κ1) is 23.3. The Morgan fingerprint density at radius 3 is 2.77 bits per heavy atom. The number of amides is 3. The molecule has 0 radical (unpaired) electrons. The van der Waals surface area contributed by atoms with E-state index < -0.39 is 11.9 Å². The second kappa shape index (κ2) is 10.8. The van der Waals surface area contributed by atoms with E-state index >= 15 is 0 Å². The number of carbonyl (C=O) groups is 2. The molecule has 8 nitrogen and oxygen atoms in total. The SMILES string of the molecule is COC[C@H](C)n1c(SCC(=O)NC(=O)N[C@@H]2CCCC[C@H]2C)nc2ccccc2c1=O. The van der Waals surface area contributed by atoms with Crippen LogP contribution >= 0.6 is 11.8 Å². The van der Waals surface area contributed by atoms with Crippen molar-refractivity contribution in [2.24, 2.45) is 5.92 Å². The summed E-state index contributed by atoms with van der Waals surface area (Å²) in [5.74, 6) is -0.0558. The van der Waals surface area contributed by atoms with Gasteiger partial charge in [-0.1, -0.05) is 43.7 Å². The zero-order valence-corrected chi connectivity index (χ0v) is 19.0. The number of thioether (sulfide) groups is 1. The molecular formula is C22H30N4O4S. The van der Waals surface area contributed by atoms with Crippen molar-refractivity contribution in [3.05, 3.63) is 34.6 Å². The minimum absolute atomic E-state index is 0.0296. The second-order valence-corrected chi connectivity index (χ2v) is 9.01. The number of rotatable bonds is 7. The molecule has 3 atom stereocenters. The Balaban J connectivity index is 1.69. The highest BCUT2D eigenvalue weighted by Gasteiger charge is 2.24. The number of ether oxygens (including phenoxy) is 1. The summed E-state index contributed by atoms with van der Waals surface area (Å²) >= 11 is 1.13. The van der Waals surface area contributed by atoms with Gasteiger partial charge < -0.3 is 10.1 Å². The van der Waals surface area contributed by atoms with E-state index in [1.54, 1.807) is 29.9 Å². The van der Waals surface area contributed by atoms with Gasteiger partial charge in [-0.2, -0.15) is 0 Å². The van der Waals surface area contributed by atoms with Crippen molar-refractivity contribution in [3.8, 4) is 0 Å². The third kappa shape index (κ3) is 5.86. The topological polar surface area (TPSA) is 102 Å². The fraction of sp³-hybridized carbons (Fsp3) is 0.545. The standard InChI is InChI=1S/C22H30N4O4S/c1-14-8-4-6-10-17(14)23-21(29)25-19(27)13-31-22-24-18-11-7-5-9-16(18)20(28)26(22)15(2)12-30-3/h5,7,9,11,14-15,17H,4,6,8,10,12-13H2,1-3H3,(H2,23,25,27,29)/t14-,15+,17-/m1/s1. The molecule has 0 saturated heterocycles. The number of urea groups is 1. The highest BCUT2D eigenvalue weighted by molar-refractivity contribution is 7.99. The Bertz CT molecular complexity index is 993. The summed E-state index contributed by atoms with van der Waals surface area (Å²) in [6, 6.07) is 6.48. The molecule has 1 aliphatic carbocycles. The summed E-state index contributed by atoms with van der Waals surface area (Å²) in [6.45, 7) is 4.32. The monoisotopic (exact) mass is 446 g/mol. The number of hydrogen-bond acceptors (Lipinski definition) is 6. The van der Waals surface area contributed by atoms with Crippen molar-refractivity contribution < 1.29 is 14.3 Å². The molecule has 2 N–H and O–H groups in total. The number of para-hydroxylation sites is 1. The van der Waals surface area contributed by atoms with Gasteiger partial charge in [0.05, 0.1) is 29.3 Å². The number of carbonyl (C=O) groups excluding carboxylic acids is 2. The lowest BCUT2D eigenvalue weighted by Crippen LogP contribution is -2.48. The molecular weight excluding hydrogens is 416 g/mol. The van der Waals surface area contributed by atoms with E-state index in [0.717, 1.165) is 31.0 Å². The number of benzene rings is 1. The predicted molar refractivity (Wildman–Crippen MR) is 121 cm³/mol. The molecule has 1 fully saturated rings. The molecule has 1 aromatic heterocycles. The van der Waals surface area contributed by atoms with Crippen molar-refractivity contribution in [2.45, 2.75) is 56.8 Å². The Hall–Kier alpha value is -2.39. The van der Waals surface area contributed by atoms with Crippen molar-refractivity contribution >= 4 is 34.6 Å². The van der Waals surface area contributed by atoms with Crippen LogP contribution in [-0.4, -0.2) is 47.0 Å². The van der Waals surface area contributed by atoms with E-state index in [0.29, 0.717) is 28.6 Å². The fourth-order valence-electron chi connectivity index (χ4n) is 3.96. The Labute approximate surface area is 186 Å². The number of hydrogen-bond donors (Lipinski definition) is 2. The van der Waals surface area contributed by atoms with Crippen LogP contribution in [0.3, 0.4) is 0 Å². The molecule has 0 spiro atoms. The number of imide groups is 1. The van der Waals surface area contributed by atoms with Crippen molar-refractivity contribution in [3.63, 3.8) is 0 Å². The van der Waals surface area contributed by atoms with Crippen LogP contribution in [0.4, 0.5) is 4.79 Å². The smallest absolute Gasteiger partial charge is 0.321 e. The highest BCUT2D eigenvalue weighted by Crippen LogP contribution is 2.24. The molecule has 0 unspecified atom stereocenters. The van der Waals surface area contributed by atoms with Crippen LogP contribution < -0.4 is 16.2 Å². The van der Waals surface area contributed by atoms with Gasteiger partial charge in [0.25, 0.3) is 5.56 Å². The van der Waals surface area contributed by atoms with Gasteiger partial charge in [0.15, 0.2) is 5.16 Å². The van der Waals surface area contributed by atoms with Gasteiger partial charge in [0.1, 0.15) is 0 Å². The molecule has 1 aromatic carbocycles. The number of methoxy groups -OCH3 is 1. The minimum atomic E-state index is -0.471. The maximum Gasteiger partial charge on any atom is 0.321 e. The third-order valence-electron chi connectivity index (χ3n) is 5.64. The first-order valence-electron chi connectivity index (χ1n) is 10.6. The Morgan fingerprint density at radius 2 is 2.03 bits per heavy atom. The summed E-state index contributed by atoms with van der Waals surface area (Å²) < 4.78 is 6.76. The normalized spacial score (nSPS) is 19.7. The molecule has 0 aliphatic heterocycles. The van der Waals surface area contributed by atoms with Gasteiger partial charge in [-0.25, -0.2) is 9.78 Å². The summed E-state index contributed by atoms with van der Waals surface area (Å²) in [5, 5.41) is 6.24. The largest absolute Gasteiger partial charge is 0.383 e. The van der Waals surface area contributed by atoms with Crippen LogP contribution in [0.25, 0.3) is 10.9 Å². The first-order chi connectivity index (χ1) is 14.9. The van der Waals surface area contributed by atoms with E-state index in [2.05, 4.69) is 22.5 Å². The average molecular weight is 447 g/mol. The lowest BCUT2D eigenvalue weighted by atomic mass is 9.86. The van der Waals surface area contributed by atoms with Gasteiger partial charge in [-0.3, -0.25) is 19.5 Å². The van der Waals surface area contributed by atoms with E-state index in [1.165, 1.54) is 6.42 Å². The Kier molecular flexibility index (Phi) is 8.09. The number of nitrogens with one attached hydrogen (secondary N) is 2. The van der Waals surface area contributed by atoms with E-state index in [4.69, 9.17) is 4.74 Å². The molecule has 1 saturated carbocycles. The molecule has 31 heavy (non-hydrogen) atoms. The van der Waals surface area contributed by atoms with E-state index in [9.17, 15) is 14.4 Å².